The van der Waals surface area contributed by atoms with E-state index in [1.54, 1.807) is 11.1 Å². The normalized spacial score (nSPS) is 28.4. The van der Waals surface area contributed by atoms with E-state index in [-0.39, 0.29) is 0 Å². The van der Waals surface area contributed by atoms with Crippen LogP contribution in [0.25, 0.3) is 0 Å². The first-order valence-corrected chi connectivity index (χ1v) is 7.74. The fourth-order valence-corrected chi connectivity index (χ4v) is 3.70. The number of benzene rings is 1. The van der Waals surface area contributed by atoms with Crippen LogP contribution in [0.15, 0.2) is 24.3 Å². The average molecular weight is 258 g/mol. The van der Waals surface area contributed by atoms with Crippen molar-refractivity contribution in [3.05, 3.63) is 35.4 Å². The predicted octanol–water partition coefficient (Wildman–Crippen LogP) is 4.73. The first kappa shape index (κ1) is 13.2. The second-order valence-electron chi connectivity index (χ2n) is 7.35. The number of ether oxygens (including phenoxy) is 1. The van der Waals surface area contributed by atoms with E-state index in [2.05, 4.69) is 45.0 Å². The van der Waals surface area contributed by atoms with Crippen molar-refractivity contribution in [2.45, 2.75) is 51.9 Å². The van der Waals surface area contributed by atoms with Gasteiger partial charge in [-0.2, -0.15) is 0 Å². The summed E-state index contributed by atoms with van der Waals surface area (Å²) >= 11 is 0. The molecule has 0 spiro atoms. The summed E-state index contributed by atoms with van der Waals surface area (Å²) in [5, 5.41) is 0. The highest BCUT2D eigenvalue weighted by Crippen LogP contribution is 2.48. The molecule has 104 valence electrons. The summed E-state index contributed by atoms with van der Waals surface area (Å²) in [6.45, 7) is 9.00. The van der Waals surface area contributed by atoms with Gasteiger partial charge in [-0.25, -0.2) is 0 Å². The Bertz CT molecular complexity index is 439. The summed E-state index contributed by atoms with van der Waals surface area (Å²) in [7, 11) is 0. The average Bonchev–Trinajstić information content (AvgIpc) is 3.22. The highest BCUT2D eigenvalue weighted by Gasteiger charge is 2.38. The van der Waals surface area contributed by atoms with Gasteiger partial charge in [-0.15, -0.1) is 0 Å². The molecule has 1 heteroatoms. The number of rotatable bonds is 2. The zero-order valence-corrected chi connectivity index (χ0v) is 12.5. The van der Waals surface area contributed by atoms with Crippen LogP contribution in [0.4, 0.5) is 0 Å². The van der Waals surface area contributed by atoms with Gasteiger partial charge in [-0.05, 0) is 47.6 Å². The van der Waals surface area contributed by atoms with E-state index < -0.39 is 0 Å². The third-order valence-electron chi connectivity index (χ3n) is 4.88. The van der Waals surface area contributed by atoms with Crippen LogP contribution in [0.3, 0.4) is 0 Å². The molecule has 0 amide bonds. The molecule has 1 aromatic rings. The minimum absolute atomic E-state index is 0.366. The zero-order chi connectivity index (χ0) is 13.5. The van der Waals surface area contributed by atoms with Gasteiger partial charge in [0.15, 0.2) is 0 Å². The minimum Gasteiger partial charge on any atom is -0.381 e. The molecule has 2 atom stereocenters. The van der Waals surface area contributed by atoms with Gasteiger partial charge in [0.05, 0.1) is 6.61 Å². The van der Waals surface area contributed by atoms with Crippen molar-refractivity contribution >= 4 is 0 Å². The third-order valence-corrected chi connectivity index (χ3v) is 4.88. The van der Waals surface area contributed by atoms with Gasteiger partial charge < -0.3 is 4.74 Å². The molecule has 1 saturated heterocycles. The standard InChI is InChI=1S/C18H26O/c1-18(2,3)17-10-11-19-12-16(17)15-7-5-4-6-14(15)13-8-9-13/h4-7,13,16-17H,8-12H2,1-3H3. The van der Waals surface area contributed by atoms with E-state index in [4.69, 9.17) is 4.74 Å². The molecule has 1 nitrogen and oxygen atoms in total. The Morgan fingerprint density at radius 2 is 1.68 bits per heavy atom. The lowest BCUT2D eigenvalue weighted by molar-refractivity contribution is 0.00773. The van der Waals surface area contributed by atoms with Crippen LogP contribution in [-0.2, 0) is 4.74 Å². The van der Waals surface area contributed by atoms with Crippen molar-refractivity contribution in [1.82, 2.24) is 0 Å². The Morgan fingerprint density at radius 3 is 2.32 bits per heavy atom. The summed E-state index contributed by atoms with van der Waals surface area (Å²) in [5.74, 6) is 2.16. The molecular weight excluding hydrogens is 232 g/mol. The van der Waals surface area contributed by atoms with Crippen LogP contribution in [0.1, 0.15) is 63.0 Å². The van der Waals surface area contributed by atoms with E-state index >= 15 is 0 Å². The molecule has 2 unspecified atom stereocenters. The second kappa shape index (κ2) is 4.94. The maximum atomic E-state index is 5.82. The Hall–Kier alpha value is -0.820. The van der Waals surface area contributed by atoms with E-state index in [1.807, 2.05) is 0 Å². The minimum atomic E-state index is 0.366. The van der Waals surface area contributed by atoms with Gasteiger partial charge in [-0.1, -0.05) is 45.0 Å². The topological polar surface area (TPSA) is 9.23 Å². The summed E-state index contributed by atoms with van der Waals surface area (Å²) in [6.07, 6.45) is 3.96. The largest absolute Gasteiger partial charge is 0.381 e. The lowest BCUT2D eigenvalue weighted by Crippen LogP contribution is -2.35. The summed E-state index contributed by atoms with van der Waals surface area (Å²) < 4.78 is 5.82. The fourth-order valence-electron chi connectivity index (χ4n) is 3.70. The Balaban J connectivity index is 1.94. The quantitative estimate of drug-likeness (QED) is 0.745. The van der Waals surface area contributed by atoms with E-state index in [0.717, 1.165) is 25.0 Å². The van der Waals surface area contributed by atoms with Gasteiger partial charge in [0.1, 0.15) is 0 Å². The van der Waals surface area contributed by atoms with Crippen LogP contribution in [0, 0.1) is 11.3 Å². The third kappa shape index (κ3) is 2.72. The number of hydrogen-bond acceptors (Lipinski definition) is 1. The molecule has 0 bridgehead atoms. The summed E-state index contributed by atoms with van der Waals surface area (Å²) in [4.78, 5) is 0. The molecular formula is C18H26O. The van der Waals surface area contributed by atoms with Crippen molar-refractivity contribution in [2.24, 2.45) is 11.3 Å². The van der Waals surface area contributed by atoms with Gasteiger partial charge in [-0.3, -0.25) is 0 Å². The molecule has 3 rings (SSSR count). The van der Waals surface area contributed by atoms with Crippen LogP contribution >= 0.6 is 0 Å². The molecule has 0 radical (unpaired) electrons. The SMILES string of the molecule is CC(C)(C)C1CCOCC1c1ccccc1C1CC1. The highest BCUT2D eigenvalue weighted by molar-refractivity contribution is 5.36. The van der Waals surface area contributed by atoms with Gasteiger partial charge in [0.25, 0.3) is 0 Å². The summed E-state index contributed by atoms with van der Waals surface area (Å²) in [6, 6.07) is 9.11. The van der Waals surface area contributed by atoms with Crippen molar-refractivity contribution < 1.29 is 4.74 Å². The van der Waals surface area contributed by atoms with Crippen molar-refractivity contribution in [2.75, 3.05) is 13.2 Å². The molecule has 2 aliphatic rings. The van der Waals surface area contributed by atoms with Crippen LogP contribution in [-0.4, -0.2) is 13.2 Å². The molecule has 0 aromatic heterocycles. The molecule has 19 heavy (non-hydrogen) atoms. The Kier molecular flexibility index (Phi) is 3.42. The van der Waals surface area contributed by atoms with E-state index in [1.165, 1.54) is 19.3 Å². The van der Waals surface area contributed by atoms with E-state index in [0.29, 0.717) is 11.3 Å². The van der Waals surface area contributed by atoms with Crippen molar-refractivity contribution in [3.8, 4) is 0 Å². The van der Waals surface area contributed by atoms with Gasteiger partial charge >= 0.3 is 0 Å². The van der Waals surface area contributed by atoms with Crippen LogP contribution in [0.2, 0.25) is 0 Å². The second-order valence-corrected chi connectivity index (χ2v) is 7.35. The molecule has 1 aromatic carbocycles. The van der Waals surface area contributed by atoms with Crippen molar-refractivity contribution in [3.63, 3.8) is 0 Å². The fraction of sp³-hybridized carbons (Fsp3) is 0.667. The van der Waals surface area contributed by atoms with Crippen LogP contribution < -0.4 is 0 Å². The highest BCUT2D eigenvalue weighted by atomic mass is 16.5. The predicted molar refractivity (Wildman–Crippen MR) is 79.5 cm³/mol. The first-order chi connectivity index (χ1) is 9.07. The summed E-state index contributed by atoms with van der Waals surface area (Å²) in [5.41, 5.74) is 3.54. The smallest absolute Gasteiger partial charge is 0.0537 e. The van der Waals surface area contributed by atoms with Gasteiger partial charge in [0, 0.05) is 12.5 Å². The lowest BCUT2D eigenvalue weighted by Gasteiger charge is -2.41. The zero-order valence-electron chi connectivity index (χ0n) is 12.5. The molecule has 1 heterocycles. The molecule has 0 N–H and O–H groups in total. The molecule has 1 saturated carbocycles. The van der Waals surface area contributed by atoms with E-state index in [9.17, 15) is 0 Å². The monoisotopic (exact) mass is 258 g/mol. The maximum Gasteiger partial charge on any atom is 0.0537 e. The first-order valence-electron chi connectivity index (χ1n) is 7.74. The van der Waals surface area contributed by atoms with Crippen molar-refractivity contribution in [1.29, 1.82) is 0 Å². The van der Waals surface area contributed by atoms with Crippen LogP contribution in [0.5, 0.6) is 0 Å². The maximum absolute atomic E-state index is 5.82. The number of hydrogen-bond donors (Lipinski definition) is 0. The lowest BCUT2D eigenvalue weighted by atomic mass is 9.68. The Morgan fingerprint density at radius 1 is 1.00 bits per heavy atom. The molecule has 1 aliphatic carbocycles. The Labute approximate surface area is 117 Å². The molecule has 1 aliphatic heterocycles. The van der Waals surface area contributed by atoms with Gasteiger partial charge in [0.2, 0.25) is 0 Å². The molecule has 2 fully saturated rings.